The van der Waals surface area contributed by atoms with Gasteiger partial charge in [0.15, 0.2) is 0 Å². The summed E-state index contributed by atoms with van der Waals surface area (Å²) in [5, 5.41) is 3.61. The summed E-state index contributed by atoms with van der Waals surface area (Å²) in [6, 6.07) is 8.85. The average molecular weight is 243 g/mol. The molecule has 96 valence electrons. The Morgan fingerprint density at radius 3 is 2.78 bits per heavy atom. The highest BCUT2D eigenvalue weighted by atomic mass is 15.2. The van der Waals surface area contributed by atoms with Gasteiger partial charge in [-0.1, -0.05) is 26.0 Å². The van der Waals surface area contributed by atoms with Crippen LogP contribution in [0.1, 0.15) is 33.1 Å². The molecule has 2 aromatic rings. The number of hydrogen-bond donors (Lipinski definition) is 1. The molecule has 0 aliphatic heterocycles. The normalized spacial score (nSPS) is 22.5. The van der Waals surface area contributed by atoms with Crippen LogP contribution in [0.2, 0.25) is 0 Å². The minimum atomic E-state index is 0.474. The molecular formula is C15H21N3. The quantitative estimate of drug-likeness (QED) is 0.874. The van der Waals surface area contributed by atoms with Crippen molar-refractivity contribution in [2.75, 3.05) is 5.32 Å². The highest BCUT2D eigenvalue weighted by Crippen LogP contribution is 2.38. The van der Waals surface area contributed by atoms with Gasteiger partial charge < -0.3 is 9.88 Å². The van der Waals surface area contributed by atoms with Gasteiger partial charge >= 0.3 is 0 Å². The first-order valence-electron chi connectivity index (χ1n) is 6.73. The molecule has 0 radical (unpaired) electrons. The fourth-order valence-electron chi connectivity index (χ4n) is 3.02. The van der Waals surface area contributed by atoms with Gasteiger partial charge in [0.1, 0.15) is 0 Å². The Morgan fingerprint density at radius 1 is 1.33 bits per heavy atom. The predicted molar refractivity (Wildman–Crippen MR) is 75.8 cm³/mol. The number of nitrogens with zero attached hydrogens (tertiary/aromatic N) is 2. The molecule has 18 heavy (non-hydrogen) atoms. The topological polar surface area (TPSA) is 29.9 Å². The van der Waals surface area contributed by atoms with Crippen LogP contribution in [0.25, 0.3) is 11.0 Å². The Kier molecular flexibility index (Phi) is 2.58. The molecule has 3 rings (SSSR count). The number of nitrogens with one attached hydrogen (secondary N) is 1. The first kappa shape index (κ1) is 11.6. The van der Waals surface area contributed by atoms with E-state index in [0.717, 1.165) is 11.5 Å². The van der Waals surface area contributed by atoms with Crippen molar-refractivity contribution in [3.8, 4) is 0 Å². The lowest BCUT2D eigenvalue weighted by molar-refractivity contribution is 0.378. The van der Waals surface area contributed by atoms with E-state index < -0.39 is 0 Å². The number of para-hydroxylation sites is 2. The maximum absolute atomic E-state index is 4.68. The molecule has 1 unspecified atom stereocenters. The molecule has 1 aromatic heterocycles. The van der Waals surface area contributed by atoms with Crippen LogP contribution in [0.5, 0.6) is 0 Å². The van der Waals surface area contributed by atoms with E-state index in [4.69, 9.17) is 0 Å². The highest BCUT2D eigenvalue weighted by molar-refractivity contribution is 5.78. The third-order valence-electron chi connectivity index (χ3n) is 4.09. The molecule has 1 aromatic carbocycles. The van der Waals surface area contributed by atoms with Gasteiger partial charge in [0.2, 0.25) is 5.95 Å². The molecule has 1 saturated carbocycles. The molecule has 1 heterocycles. The molecule has 1 atom stereocenters. The number of anilines is 1. The van der Waals surface area contributed by atoms with Gasteiger partial charge in [0, 0.05) is 13.1 Å². The molecule has 0 saturated heterocycles. The molecule has 1 fully saturated rings. The summed E-state index contributed by atoms with van der Waals surface area (Å²) in [6.45, 7) is 4.70. The Morgan fingerprint density at radius 2 is 2.11 bits per heavy atom. The number of imidazole rings is 1. The zero-order chi connectivity index (χ0) is 12.8. The third kappa shape index (κ3) is 1.98. The summed E-state index contributed by atoms with van der Waals surface area (Å²) < 4.78 is 2.15. The number of aryl methyl sites for hydroxylation is 1. The van der Waals surface area contributed by atoms with E-state index >= 15 is 0 Å². The largest absolute Gasteiger partial charge is 0.353 e. The lowest BCUT2D eigenvalue weighted by Gasteiger charge is -2.18. The first-order valence-corrected chi connectivity index (χ1v) is 6.73. The molecule has 1 aliphatic carbocycles. The lowest BCUT2D eigenvalue weighted by atomic mass is 9.92. The molecule has 3 heteroatoms. The summed E-state index contributed by atoms with van der Waals surface area (Å²) in [5.74, 6) is 0.999. The summed E-state index contributed by atoms with van der Waals surface area (Å²) >= 11 is 0. The van der Waals surface area contributed by atoms with E-state index in [-0.39, 0.29) is 0 Å². The summed E-state index contributed by atoms with van der Waals surface area (Å²) in [6.07, 6.45) is 3.78. The minimum absolute atomic E-state index is 0.474. The number of hydrogen-bond acceptors (Lipinski definition) is 2. The van der Waals surface area contributed by atoms with Crippen molar-refractivity contribution < 1.29 is 0 Å². The van der Waals surface area contributed by atoms with E-state index in [9.17, 15) is 0 Å². The van der Waals surface area contributed by atoms with Crippen molar-refractivity contribution in [1.82, 2.24) is 9.55 Å². The van der Waals surface area contributed by atoms with Crippen molar-refractivity contribution in [3.05, 3.63) is 24.3 Å². The first-order chi connectivity index (χ1) is 8.55. The van der Waals surface area contributed by atoms with Crippen LogP contribution in [-0.2, 0) is 7.05 Å². The van der Waals surface area contributed by atoms with E-state index in [2.05, 4.69) is 54.0 Å². The van der Waals surface area contributed by atoms with Crippen LogP contribution in [0.4, 0.5) is 5.95 Å². The van der Waals surface area contributed by atoms with Gasteiger partial charge in [-0.05, 0) is 36.8 Å². The number of aromatic nitrogens is 2. The van der Waals surface area contributed by atoms with Crippen molar-refractivity contribution in [3.63, 3.8) is 0 Å². The van der Waals surface area contributed by atoms with Gasteiger partial charge in [0.25, 0.3) is 0 Å². The van der Waals surface area contributed by atoms with Gasteiger partial charge in [-0.2, -0.15) is 0 Å². The van der Waals surface area contributed by atoms with Crippen LogP contribution >= 0.6 is 0 Å². The average Bonchev–Trinajstić information content (AvgIpc) is 2.82. The monoisotopic (exact) mass is 243 g/mol. The number of rotatable bonds is 2. The smallest absolute Gasteiger partial charge is 0.203 e. The fraction of sp³-hybridized carbons (Fsp3) is 0.533. The molecular weight excluding hydrogens is 222 g/mol. The van der Waals surface area contributed by atoms with E-state index in [1.54, 1.807) is 0 Å². The maximum Gasteiger partial charge on any atom is 0.203 e. The SMILES string of the molecule is Cn1c(NC2CCC(C)(C)C2)nc2ccccc21. The van der Waals surface area contributed by atoms with Crippen LogP contribution in [-0.4, -0.2) is 15.6 Å². The van der Waals surface area contributed by atoms with Gasteiger partial charge in [-0.15, -0.1) is 0 Å². The standard InChI is InChI=1S/C15H21N3/c1-15(2)9-8-11(10-15)16-14-17-12-6-4-5-7-13(12)18(14)3/h4-7,11H,8-10H2,1-3H3,(H,16,17). The minimum Gasteiger partial charge on any atom is -0.353 e. The Hall–Kier alpha value is -1.51. The van der Waals surface area contributed by atoms with Crippen LogP contribution in [0, 0.1) is 5.41 Å². The Bertz CT molecular complexity index is 568. The Labute approximate surface area is 108 Å². The van der Waals surface area contributed by atoms with Gasteiger partial charge in [-0.25, -0.2) is 4.98 Å². The number of fused-ring (bicyclic) bond motifs is 1. The highest BCUT2D eigenvalue weighted by Gasteiger charge is 2.31. The molecule has 0 bridgehead atoms. The zero-order valence-corrected chi connectivity index (χ0v) is 11.4. The van der Waals surface area contributed by atoms with E-state index in [1.165, 1.54) is 24.8 Å². The summed E-state index contributed by atoms with van der Waals surface area (Å²) in [5.41, 5.74) is 2.74. The van der Waals surface area contributed by atoms with E-state index in [1.807, 2.05) is 6.07 Å². The van der Waals surface area contributed by atoms with Crippen LogP contribution in [0.3, 0.4) is 0 Å². The van der Waals surface area contributed by atoms with Crippen molar-refractivity contribution in [2.45, 2.75) is 39.2 Å². The molecule has 0 amide bonds. The lowest BCUT2D eigenvalue weighted by Crippen LogP contribution is -2.19. The van der Waals surface area contributed by atoms with Crippen LogP contribution in [0.15, 0.2) is 24.3 Å². The maximum atomic E-state index is 4.68. The van der Waals surface area contributed by atoms with Crippen LogP contribution < -0.4 is 5.32 Å². The van der Waals surface area contributed by atoms with E-state index in [0.29, 0.717) is 11.5 Å². The van der Waals surface area contributed by atoms with Gasteiger partial charge in [-0.3, -0.25) is 0 Å². The predicted octanol–water partition coefficient (Wildman–Crippen LogP) is 3.56. The summed E-state index contributed by atoms with van der Waals surface area (Å²) in [7, 11) is 2.08. The molecule has 1 N–H and O–H groups in total. The second-order valence-corrected chi connectivity index (χ2v) is 6.23. The molecule has 1 aliphatic rings. The Balaban J connectivity index is 1.85. The molecule has 0 spiro atoms. The number of benzene rings is 1. The molecule has 3 nitrogen and oxygen atoms in total. The summed E-state index contributed by atoms with van der Waals surface area (Å²) in [4.78, 5) is 4.68. The van der Waals surface area contributed by atoms with Crippen molar-refractivity contribution in [2.24, 2.45) is 12.5 Å². The van der Waals surface area contributed by atoms with Crippen molar-refractivity contribution >= 4 is 17.0 Å². The van der Waals surface area contributed by atoms with Gasteiger partial charge in [0.05, 0.1) is 11.0 Å². The second kappa shape index (κ2) is 4.01. The van der Waals surface area contributed by atoms with Crippen molar-refractivity contribution in [1.29, 1.82) is 0 Å². The zero-order valence-electron chi connectivity index (χ0n) is 11.4. The second-order valence-electron chi connectivity index (χ2n) is 6.23. The third-order valence-corrected chi connectivity index (χ3v) is 4.09. The fourth-order valence-corrected chi connectivity index (χ4v) is 3.02.